The zero-order valence-corrected chi connectivity index (χ0v) is 12.7. The molecule has 0 spiro atoms. The molecule has 1 amide bonds. The van der Waals surface area contributed by atoms with Crippen molar-refractivity contribution >= 4 is 21.9 Å². The van der Waals surface area contributed by atoms with Crippen LogP contribution in [0.3, 0.4) is 0 Å². The van der Waals surface area contributed by atoms with E-state index in [0.717, 1.165) is 4.31 Å². The fraction of sp³-hybridized carbons (Fsp3) is 0.385. The molecule has 9 heteroatoms. The van der Waals surface area contributed by atoms with Crippen molar-refractivity contribution in [1.29, 1.82) is 0 Å². The minimum absolute atomic E-state index is 0.0154. The third kappa shape index (κ3) is 3.20. The Balaban J connectivity index is 2.35. The van der Waals surface area contributed by atoms with Gasteiger partial charge in [-0.2, -0.15) is 4.31 Å². The number of carboxylic acids is 1. The molecule has 0 unspecified atom stereocenters. The molecule has 1 saturated heterocycles. The van der Waals surface area contributed by atoms with Gasteiger partial charge in [0.05, 0.1) is 18.4 Å². The lowest BCUT2D eigenvalue weighted by atomic mass is 10.1. The summed E-state index contributed by atoms with van der Waals surface area (Å²) in [6.45, 7) is 0.169. The summed E-state index contributed by atoms with van der Waals surface area (Å²) in [6, 6.07) is 4.45. The molecule has 1 aliphatic heterocycles. The summed E-state index contributed by atoms with van der Waals surface area (Å²) < 4.78 is 31.2. The van der Waals surface area contributed by atoms with Crippen LogP contribution < -0.4 is 10.1 Å². The Morgan fingerprint density at radius 1 is 1.41 bits per heavy atom. The summed E-state index contributed by atoms with van der Waals surface area (Å²) in [5, 5.41) is 11.4. The highest BCUT2D eigenvalue weighted by Gasteiger charge is 2.39. The maximum Gasteiger partial charge on any atom is 0.305 e. The van der Waals surface area contributed by atoms with Gasteiger partial charge in [-0.15, -0.1) is 0 Å². The van der Waals surface area contributed by atoms with Crippen LogP contribution >= 0.6 is 0 Å². The summed E-state index contributed by atoms with van der Waals surface area (Å²) in [5.41, 5.74) is 0. The quantitative estimate of drug-likeness (QED) is 0.764. The summed E-state index contributed by atoms with van der Waals surface area (Å²) >= 11 is 0. The Morgan fingerprint density at radius 2 is 2.05 bits per heavy atom. The molecule has 0 aliphatic carbocycles. The van der Waals surface area contributed by atoms with Crippen LogP contribution in [0.4, 0.5) is 0 Å². The fourth-order valence-electron chi connectivity index (χ4n) is 2.22. The number of hydrogen-bond donors (Lipinski definition) is 2. The molecule has 120 valence electrons. The smallest absolute Gasteiger partial charge is 0.305 e. The fourth-order valence-corrected chi connectivity index (χ4v) is 3.81. The number of hydrogen-bond acceptors (Lipinski definition) is 5. The van der Waals surface area contributed by atoms with Gasteiger partial charge < -0.3 is 15.2 Å². The number of carbonyl (C=O) groups is 2. The van der Waals surface area contributed by atoms with E-state index in [2.05, 4.69) is 5.32 Å². The van der Waals surface area contributed by atoms with E-state index in [1.165, 1.54) is 31.4 Å². The molecule has 8 nitrogen and oxygen atoms in total. The standard InChI is InChI=1S/C13H16N2O6S/c1-21-9-2-4-10(5-3-9)22(19,20)15-7-6-14-13(18)11(15)8-12(16)17/h2-5,11H,6-8H2,1H3,(H,14,18)(H,16,17)/t11-/m1/s1. The first-order valence-corrected chi connectivity index (χ1v) is 7.95. The van der Waals surface area contributed by atoms with E-state index >= 15 is 0 Å². The number of amides is 1. The zero-order chi connectivity index (χ0) is 16.3. The molecule has 2 N–H and O–H groups in total. The van der Waals surface area contributed by atoms with Gasteiger partial charge in [0.1, 0.15) is 11.8 Å². The SMILES string of the molecule is COc1ccc(S(=O)(=O)N2CCNC(=O)[C@H]2CC(=O)O)cc1. The first kappa shape index (κ1) is 16.2. The van der Waals surface area contributed by atoms with Crippen molar-refractivity contribution in [2.24, 2.45) is 0 Å². The van der Waals surface area contributed by atoms with Crippen molar-refractivity contribution in [2.75, 3.05) is 20.2 Å². The van der Waals surface area contributed by atoms with Crippen LogP contribution in [0.5, 0.6) is 5.75 Å². The normalized spacial score (nSPS) is 19.5. The number of benzene rings is 1. The van der Waals surface area contributed by atoms with Gasteiger partial charge in [0.25, 0.3) is 0 Å². The maximum atomic E-state index is 12.6. The van der Waals surface area contributed by atoms with E-state index in [-0.39, 0.29) is 18.0 Å². The number of methoxy groups -OCH3 is 1. The molecule has 0 saturated carbocycles. The van der Waals surface area contributed by atoms with E-state index in [4.69, 9.17) is 9.84 Å². The third-order valence-electron chi connectivity index (χ3n) is 3.32. The molecule has 2 rings (SSSR count). The molecule has 1 aromatic carbocycles. The molecule has 0 aromatic heterocycles. The van der Waals surface area contributed by atoms with Crippen LogP contribution in [0.25, 0.3) is 0 Å². The lowest BCUT2D eigenvalue weighted by Gasteiger charge is -2.33. The highest BCUT2D eigenvalue weighted by atomic mass is 32.2. The molecule has 0 radical (unpaired) electrons. The average Bonchev–Trinajstić information content (AvgIpc) is 2.49. The minimum Gasteiger partial charge on any atom is -0.497 e. The van der Waals surface area contributed by atoms with Crippen LogP contribution in [0.1, 0.15) is 6.42 Å². The third-order valence-corrected chi connectivity index (χ3v) is 5.24. The Bertz CT molecular complexity index is 670. The molecule has 1 aromatic rings. The van der Waals surface area contributed by atoms with Crippen molar-refractivity contribution in [3.05, 3.63) is 24.3 Å². The van der Waals surface area contributed by atoms with Crippen LogP contribution in [0, 0.1) is 0 Å². The van der Waals surface area contributed by atoms with Gasteiger partial charge in [-0.1, -0.05) is 0 Å². The molecule has 1 atom stereocenters. The summed E-state index contributed by atoms with van der Waals surface area (Å²) in [4.78, 5) is 22.7. The molecule has 0 bridgehead atoms. The minimum atomic E-state index is -3.96. The second kappa shape index (κ2) is 6.32. The lowest BCUT2D eigenvalue weighted by molar-refractivity contribution is -0.141. The molecule has 1 heterocycles. The van der Waals surface area contributed by atoms with Crippen LogP contribution in [0.2, 0.25) is 0 Å². The van der Waals surface area contributed by atoms with Gasteiger partial charge in [0.15, 0.2) is 0 Å². The lowest BCUT2D eigenvalue weighted by Crippen LogP contribution is -2.57. The van der Waals surface area contributed by atoms with Crippen molar-refractivity contribution in [1.82, 2.24) is 9.62 Å². The first-order chi connectivity index (χ1) is 10.4. The summed E-state index contributed by atoms with van der Waals surface area (Å²) in [6.07, 6.45) is -0.582. The van der Waals surface area contributed by atoms with Crippen LogP contribution in [-0.4, -0.2) is 55.9 Å². The largest absolute Gasteiger partial charge is 0.497 e. The number of sulfonamides is 1. The number of nitrogens with zero attached hydrogens (tertiary/aromatic N) is 1. The topological polar surface area (TPSA) is 113 Å². The van der Waals surface area contributed by atoms with E-state index in [1.807, 2.05) is 0 Å². The second-order valence-electron chi connectivity index (χ2n) is 4.70. The highest BCUT2D eigenvalue weighted by Crippen LogP contribution is 2.23. The van der Waals surface area contributed by atoms with E-state index in [0.29, 0.717) is 5.75 Å². The highest BCUT2D eigenvalue weighted by molar-refractivity contribution is 7.89. The van der Waals surface area contributed by atoms with Crippen LogP contribution in [-0.2, 0) is 19.6 Å². The summed E-state index contributed by atoms with van der Waals surface area (Å²) in [5.74, 6) is -1.35. The first-order valence-electron chi connectivity index (χ1n) is 6.51. The number of carbonyl (C=O) groups excluding carboxylic acids is 1. The Morgan fingerprint density at radius 3 is 2.59 bits per heavy atom. The van der Waals surface area contributed by atoms with Crippen molar-refractivity contribution in [3.63, 3.8) is 0 Å². The van der Waals surface area contributed by atoms with Gasteiger partial charge in [-0.25, -0.2) is 8.42 Å². The Labute approximate surface area is 127 Å². The molecule has 1 fully saturated rings. The van der Waals surface area contributed by atoms with Crippen molar-refractivity contribution in [3.8, 4) is 5.75 Å². The zero-order valence-electron chi connectivity index (χ0n) is 11.9. The second-order valence-corrected chi connectivity index (χ2v) is 6.59. The van der Waals surface area contributed by atoms with Gasteiger partial charge in [-0.05, 0) is 24.3 Å². The maximum absolute atomic E-state index is 12.6. The van der Waals surface area contributed by atoms with Gasteiger partial charge >= 0.3 is 5.97 Å². The van der Waals surface area contributed by atoms with Crippen LogP contribution in [0.15, 0.2) is 29.2 Å². The van der Waals surface area contributed by atoms with E-state index in [1.54, 1.807) is 0 Å². The number of piperazine rings is 1. The number of ether oxygens (including phenoxy) is 1. The molecular weight excluding hydrogens is 312 g/mol. The van der Waals surface area contributed by atoms with E-state index in [9.17, 15) is 18.0 Å². The number of rotatable bonds is 5. The molecule has 22 heavy (non-hydrogen) atoms. The van der Waals surface area contributed by atoms with Gasteiger partial charge in [0.2, 0.25) is 15.9 Å². The Hall–Kier alpha value is -2.13. The number of aliphatic carboxylic acids is 1. The predicted octanol–water partition coefficient (Wildman–Crippen LogP) is -0.341. The number of nitrogens with one attached hydrogen (secondary N) is 1. The van der Waals surface area contributed by atoms with Gasteiger partial charge in [0, 0.05) is 13.1 Å². The molecule has 1 aliphatic rings. The van der Waals surface area contributed by atoms with E-state index < -0.39 is 34.4 Å². The predicted molar refractivity (Wildman–Crippen MR) is 75.9 cm³/mol. The monoisotopic (exact) mass is 328 g/mol. The Kier molecular flexibility index (Phi) is 4.67. The average molecular weight is 328 g/mol. The molecular formula is C13H16N2O6S. The number of carboxylic acid groups (broad SMARTS) is 1. The van der Waals surface area contributed by atoms with Crippen molar-refractivity contribution < 1.29 is 27.9 Å². The van der Waals surface area contributed by atoms with Crippen molar-refractivity contribution in [2.45, 2.75) is 17.4 Å². The van der Waals surface area contributed by atoms with Gasteiger partial charge in [-0.3, -0.25) is 9.59 Å². The summed E-state index contributed by atoms with van der Waals surface area (Å²) in [7, 11) is -2.50.